The highest BCUT2D eigenvalue weighted by molar-refractivity contribution is 7.89. The Morgan fingerprint density at radius 3 is 2.64 bits per heavy atom. The monoisotopic (exact) mass is 369 g/mol. The van der Waals surface area contributed by atoms with Crippen molar-refractivity contribution in [2.75, 3.05) is 13.1 Å². The number of hydrogen-bond acceptors (Lipinski definition) is 3. The Morgan fingerprint density at radius 1 is 1.28 bits per heavy atom. The van der Waals surface area contributed by atoms with Crippen LogP contribution in [0, 0.1) is 17.6 Å². The lowest BCUT2D eigenvalue weighted by Crippen LogP contribution is -2.40. The Hall–Kier alpha value is -1.80. The predicted octanol–water partition coefficient (Wildman–Crippen LogP) is 2.73. The fraction of sp³-hybridized carbons (Fsp3) is 0.471. The highest BCUT2D eigenvalue weighted by atomic mass is 32.2. The average Bonchev–Trinajstić information content (AvgIpc) is 3.02. The quantitative estimate of drug-likeness (QED) is 0.814. The molecule has 2 aromatic rings. The molecule has 0 spiro atoms. The molecule has 25 heavy (non-hydrogen) atoms. The molecule has 2 heterocycles. The Kier molecular flexibility index (Phi) is 5.19. The second-order valence-corrected chi connectivity index (χ2v) is 8.37. The van der Waals surface area contributed by atoms with Crippen LogP contribution in [0.3, 0.4) is 0 Å². The first kappa shape index (κ1) is 18.0. The van der Waals surface area contributed by atoms with Gasteiger partial charge < -0.3 is 4.57 Å². The van der Waals surface area contributed by atoms with E-state index < -0.39 is 21.7 Å². The van der Waals surface area contributed by atoms with Gasteiger partial charge in [-0.3, -0.25) is 0 Å². The number of benzene rings is 1. The predicted molar refractivity (Wildman–Crippen MR) is 89.4 cm³/mol. The lowest BCUT2D eigenvalue weighted by atomic mass is 9.92. The molecule has 3 rings (SSSR count). The summed E-state index contributed by atoms with van der Waals surface area (Å²) in [4.78, 5) is 3.94. The van der Waals surface area contributed by atoms with Crippen molar-refractivity contribution >= 4 is 10.0 Å². The number of aryl methyl sites for hydroxylation is 1. The fourth-order valence-electron chi connectivity index (χ4n) is 3.25. The zero-order valence-corrected chi connectivity index (χ0v) is 14.8. The topological polar surface area (TPSA) is 55.2 Å². The minimum absolute atomic E-state index is 0.0378. The molecule has 0 bridgehead atoms. The van der Waals surface area contributed by atoms with E-state index in [1.54, 1.807) is 11.6 Å². The van der Waals surface area contributed by atoms with Crippen LogP contribution in [0.1, 0.15) is 24.8 Å². The van der Waals surface area contributed by atoms with Crippen LogP contribution in [0.5, 0.6) is 0 Å². The van der Waals surface area contributed by atoms with Gasteiger partial charge in [-0.2, -0.15) is 4.31 Å². The third-order valence-corrected chi connectivity index (χ3v) is 6.38. The Bertz CT molecular complexity index is 831. The lowest BCUT2D eigenvalue weighted by Gasteiger charge is -2.31. The van der Waals surface area contributed by atoms with Gasteiger partial charge in [0.05, 0.1) is 6.33 Å². The van der Waals surface area contributed by atoms with Crippen LogP contribution >= 0.6 is 0 Å². The number of imidazole rings is 1. The maximum Gasteiger partial charge on any atom is 0.262 e. The molecule has 0 aliphatic carbocycles. The molecular formula is C17H21F2N3O2S. The molecule has 1 atom stereocenters. The van der Waals surface area contributed by atoms with Crippen LogP contribution in [0.2, 0.25) is 0 Å². The van der Waals surface area contributed by atoms with Gasteiger partial charge in [0.15, 0.2) is 5.03 Å². The summed E-state index contributed by atoms with van der Waals surface area (Å²) in [7, 11) is -1.90. The van der Waals surface area contributed by atoms with Crippen molar-refractivity contribution in [3.05, 3.63) is 47.9 Å². The van der Waals surface area contributed by atoms with Gasteiger partial charge in [0.2, 0.25) is 0 Å². The van der Waals surface area contributed by atoms with Crippen LogP contribution in [0.25, 0.3) is 0 Å². The van der Waals surface area contributed by atoms with E-state index in [2.05, 4.69) is 4.98 Å². The minimum atomic E-state index is -3.62. The molecule has 1 aromatic heterocycles. The van der Waals surface area contributed by atoms with Crippen molar-refractivity contribution in [3.63, 3.8) is 0 Å². The van der Waals surface area contributed by atoms with Gasteiger partial charge >= 0.3 is 0 Å². The van der Waals surface area contributed by atoms with E-state index in [1.807, 2.05) is 0 Å². The summed E-state index contributed by atoms with van der Waals surface area (Å²) >= 11 is 0. The third-order valence-electron chi connectivity index (χ3n) is 4.63. The van der Waals surface area contributed by atoms with Crippen LogP contribution < -0.4 is 0 Å². The SMILES string of the molecule is Cn1cnc(S(=O)(=O)N2CCCC(CCc3c(F)cccc3F)C2)c1. The number of nitrogens with zero attached hydrogens (tertiary/aromatic N) is 3. The van der Waals surface area contributed by atoms with Gasteiger partial charge in [0.25, 0.3) is 10.0 Å². The van der Waals surface area contributed by atoms with E-state index in [4.69, 9.17) is 0 Å². The number of piperidine rings is 1. The lowest BCUT2D eigenvalue weighted by molar-refractivity contribution is 0.254. The maximum atomic E-state index is 13.7. The van der Waals surface area contributed by atoms with E-state index in [9.17, 15) is 17.2 Å². The molecule has 1 aromatic carbocycles. The van der Waals surface area contributed by atoms with Crippen LogP contribution in [0.15, 0.2) is 35.7 Å². The first-order chi connectivity index (χ1) is 11.9. The minimum Gasteiger partial charge on any atom is -0.339 e. The standard InChI is InChI=1S/C17H21F2N3O2S/c1-21-11-17(20-12-21)25(23,24)22-9-3-4-13(10-22)7-8-14-15(18)5-2-6-16(14)19/h2,5-6,11-13H,3-4,7-10H2,1H3. The molecule has 136 valence electrons. The molecule has 8 heteroatoms. The number of sulfonamides is 1. The molecule has 1 aliphatic heterocycles. The van der Waals surface area contributed by atoms with Gasteiger partial charge in [-0.05, 0) is 43.7 Å². The number of aromatic nitrogens is 2. The van der Waals surface area contributed by atoms with Crippen molar-refractivity contribution in [3.8, 4) is 0 Å². The van der Waals surface area contributed by atoms with Crippen LogP contribution in [-0.4, -0.2) is 35.4 Å². The average molecular weight is 369 g/mol. The summed E-state index contributed by atoms with van der Waals surface area (Å²) in [6, 6.07) is 3.84. The number of halogens is 2. The van der Waals surface area contributed by atoms with Gasteiger partial charge in [-0.1, -0.05) is 6.07 Å². The Balaban J connectivity index is 1.67. The van der Waals surface area contributed by atoms with Crippen LogP contribution in [-0.2, 0) is 23.5 Å². The molecule has 0 amide bonds. The van der Waals surface area contributed by atoms with E-state index in [1.165, 1.54) is 35.0 Å². The highest BCUT2D eigenvalue weighted by Gasteiger charge is 2.31. The van der Waals surface area contributed by atoms with Crippen molar-refractivity contribution in [1.82, 2.24) is 13.9 Å². The first-order valence-corrected chi connectivity index (χ1v) is 9.73. The van der Waals surface area contributed by atoms with Gasteiger partial charge in [0.1, 0.15) is 11.6 Å². The Morgan fingerprint density at radius 2 is 2.00 bits per heavy atom. The molecule has 1 fully saturated rings. The maximum absolute atomic E-state index is 13.7. The van der Waals surface area contributed by atoms with Gasteiger partial charge in [-0.25, -0.2) is 22.2 Å². The summed E-state index contributed by atoms with van der Waals surface area (Å²) < 4.78 is 55.8. The third kappa shape index (κ3) is 3.90. The zero-order chi connectivity index (χ0) is 18.0. The fourth-order valence-corrected chi connectivity index (χ4v) is 4.78. The van der Waals surface area contributed by atoms with Crippen LogP contribution in [0.4, 0.5) is 8.78 Å². The van der Waals surface area contributed by atoms with Crippen molar-refractivity contribution < 1.29 is 17.2 Å². The summed E-state index contributed by atoms with van der Waals surface area (Å²) in [5.74, 6) is -1.02. The van der Waals surface area contributed by atoms with Crippen molar-refractivity contribution in [1.29, 1.82) is 0 Å². The van der Waals surface area contributed by atoms with Gasteiger partial charge in [-0.15, -0.1) is 0 Å². The first-order valence-electron chi connectivity index (χ1n) is 8.29. The second kappa shape index (κ2) is 7.21. The molecule has 0 saturated carbocycles. The van der Waals surface area contributed by atoms with Crippen molar-refractivity contribution in [2.24, 2.45) is 13.0 Å². The van der Waals surface area contributed by atoms with Gasteiger partial charge in [0, 0.05) is 31.9 Å². The van der Waals surface area contributed by atoms with E-state index in [-0.39, 0.29) is 22.9 Å². The molecule has 1 saturated heterocycles. The molecule has 1 unspecified atom stereocenters. The molecule has 1 aliphatic rings. The summed E-state index contributed by atoms with van der Waals surface area (Å²) in [5, 5.41) is 0.0378. The molecule has 5 nitrogen and oxygen atoms in total. The van der Waals surface area contributed by atoms with E-state index in [0.717, 1.165) is 12.8 Å². The Labute approximate surface area is 146 Å². The van der Waals surface area contributed by atoms with Crippen molar-refractivity contribution in [2.45, 2.75) is 30.7 Å². The zero-order valence-electron chi connectivity index (χ0n) is 14.0. The van der Waals surface area contributed by atoms with E-state index in [0.29, 0.717) is 19.5 Å². The number of rotatable bonds is 5. The highest BCUT2D eigenvalue weighted by Crippen LogP contribution is 2.26. The summed E-state index contributed by atoms with van der Waals surface area (Å²) in [6.07, 6.45) is 5.33. The molecular weight excluding hydrogens is 348 g/mol. The second-order valence-electron chi connectivity index (χ2n) is 6.49. The molecule has 0 N–H and O–H groups in total. The molecule has 0 radical (unpaired) electrons. The largest absolute Gasteiger partial charge is 0.339 e. The number of hydrogen-bond donors (Lipinski definition) is 0. The summed E-state index contributed by atoms with van der Waals surface area (Å²) in [6.45, 7) is 0.804. The smallest absolute Gasteiger partial charge is 0.262 e. The van der Waals surface area contributed by atoms with E-state index >= 15 is 0 Å². The summed E-state index contributed by atoms with van der Waals surface area (Å²) in [5.41, 5.74) is 0.0761. The normalized spacial score (nSPS) is 19.2.